The van der Waals surface area contributed by atoms with Crippen LogP contribution < -0.4 is 0 Å². The van der Waals surface area contributed by atoms with Gasteiger partial charge in [0.1, 0.15) is 11.2 Å². The quantitative estimate of drug-likeness (QED) is 0.197. The second-order valence-electron chi connectivity index (χ2n) is 11.6. The fourth-order valence-electron chi connectivity index (χ4n) is 6.52. The zero-order valence-corrected chi connectivity index (χ0v) is 25.3. The maximum absolute atomic E-state index is 6.39. The van der Waals surface area contributed by atoms with Gasteiger partial charge in [-0.05, 0) is 57.3 Å². The average Bonchev–Trinajstić information content (AvgIpc) is 3.54. The molecule has 47 heavy (non-hydrogen) atoms. The Morgan fingerprint density at radius 3 is 1.53 bits per heavy atom. The van der Waals surface area contributed by atoms with Crippen molar-refractivity contribution < 1.29 is 4.42 Å². The molecule has 4 nitrogen and oxygen atoms in total. The molecule has 0 aliphatic rings. The van der Waals surface area contributed by atoms with E-state index in [0.29, 0.717) is 17.5 Å². The second kappa shape index (κ2) is 11.2. The van der Waals surface area contributed by atoms with Crippen molar-refractivity contribution in [1.29, 1.82) is 0 Å². The Bertz CT molecular complexity index is 2500. The van der Waals surface area contributed by atoms with Gasteiger partial charge >= 0.3 is 0 Å². The Morgan fingerprint density at radius 2 is 0.872 bits per heavy atom. The van der Waals surface area contributed by atoms with Crippen LogP contribution in [0, 0.1) is 0 Å². The summed E-state index contributed by atoms with van der Waals surface area (Å²) in [5, 5.41) is 4.40. The van der Waals surface area contributed by atoms with E-state index in [1.165, 1.54) is 5.56 Å². The molecule has 0 fully saturated rings. The number of nitrogens with zero attached hydrogens (tertiary/aromatic N) is 3. The Labute approximate surface area is 271 Å². The van der Waals surface area contributed by atoms with Gasteiger partial charge in [-0.2, -0.15) is 0 Å². The van der Waals surface area contributed by atoms with Crippen molar-refractivity contribution in [2.75, 3.05) is 0 Å². The van der Waals surface area contributed by atoms with E-state index in [4.69, 9.17) is 19.4 Å². The first-order valence-electron chi connectivity index (χ1n) is 15.7. The van der Waals surface area contributed by atoms with Crippen molar-refractivity contribution >= 4 is 32.7 Å². The molecule has 0 saturated carbocycles. The highest BCUT2D eigenvalue weighted by atomic mass is 16.3. The van der Waals surface area contributed by atoms with Crippen LogP contribution >= 0.6 is 0 Å². The van der Waals surface area contributed by atoms with Crippen LogP contribution in [-0.2, 0) is 0 Å². The first-order chi connectivity index (χ1) is 23.3. The molecule has 9 aromatic rings. The smallest absolute Gasteiger partial charge is 0.164 e. The molecule has 0 aliphatic heterocycles. The molecule has 0 spiro atoms. The molecule has 7 aromatic carbocycles. The van der Waals surface area contributed by atoms with Crippen LogP contribution in [0.15, 0.2) is 168 Å². The predicted molar refractivity (Wildman–Crippen MR) is 192 cm³/mol. The van der Waals surface area contributed by atoms with Crippen LogP contribution in [0.3, 0.4) is 0 Å². The van der Waals surface area contributed by atoms with Gasteiger partial charge in [-0.15, -0.1) is 0 Å². The van der Waals surface area contributed by atoms with E-state index in [-0.39, 0.29) is 0 Å². The van der Waals surface area contributed by atoms with Gasteiger partial charge in [0, 0.05) is 27.5 Å². The molecule has 0 N–H and O–H groups in total. The van der Waals surface area contributed by atoms with Crippen LogP contribution in [0.1, 0.15) is 0 Å². The fraction of sp³-hybridized carbons (Fsp3) is 0. The molecule has 0 atom stereocenters. The summed E-state index contributed by atoms with van der Waals surface area (Å²) >= 11 is 0. The van der Waals surface area contributed by atoms with Gasteiger partial charge in [0.15, 0.2) is 17.5 Å². The van der Waals surface area contributed by atoms with E-state index in [2.05, 4.69) is 97.1 Å². The average molecular weight is 602 g/mol. The van der Waals surface area contributed by atoms with Crippen molar-refractivity contribution in [3.63, 3.8) is 0 Å². The van der Waals surface area contributed by atoms with E-state index in [9.17, 15) is 0 Å². The minimum absolute atomic E-state index is 0.639. The maximum Gasteiger partial charge on any atom is 0.164 e. The minimum atomic E-state index is 0.639. The summed E-state index contributed by atoms with van der Waals surface area (Å²) in [7, 11) is 0. The first-order valence-corrected chi connectivity index (χ1v) is 15.7. The summed E-state index contributed by atoms with van der Waals surface area (Å²) in [5.41, 5.74) is 9.19. The minimum Gasteiger partial charge on any atom is -0.456 e. The number of aromatic nitrogens is 3. The van der Waals surface area contributed by atoms with Gasteiger partial charge in [0.2, 0.25) is 0 Å². The Balaban J connectivity index is 1.26. The van der Waals surface area contributed by atoms with Crippen molar-refractivity contribution in [2.45, 2.75) is 0 Å². The largest absolute Gasteiger partial charge is 0.456 e. The van der Waals surface area contributed by atoms with Crippen LogP contribution in [0.25, 0.3) is 89.1 Å². The van der Waals surface area contributed by atoms with E-state index < -0.39 is 0 Å². The monoisotopic (exact) mass is 601 g/mol. The normalized spacial score (nSPS) is 11.4. The fourth-order valence-corrected chi connectivity index (χ4v) is 6.52. The van der Waals surface area contributed by atoms with Gasteiger partial charge in [0.25, 0.3) is 0 Å². The zero-order chi connectivity index (χ0) is 31.2. The Kier molecular flexibility index (Phi) is 6.43. The molecule has 0 saturated heterocycles. The third kappa shape index (κ3) is 4.75. The van der Waals surface area contributed by atoms with Crippen molar-refractivity contribution in [2.24, 2.45) is 0 Å². The molecule has 4 heteroatoms. The standard InChI is InChI=1S/C43H27N3O/c1-4-13-28(14-5-1)31-23-26-38-37(27-31)40-35(21-12-22-39(40)47-38)34-24-25-36(33-20-11-10-19-32(33)34)43-45-41(29-15-6-2-7-16-29)44-42(46-43)30-17-8-3-9-18-30/h1-27H. The van der Waals surface area contributed by atoms with Gasteiger partial charge in [-0.1, -0.05) is 140 Å². The lowest BCUT2D eigenvalue weighted by atomic mass is 9.92. The van der Waals surface area contributed by atoms with E-state index in [1.807, 2.05) is 66.7 Å². The number of benzene rings is 7. The van der Waals surface area contributed by atoms with Gasteiger partial charge in [-0.25, -0.2) is 15.0 Å². The lowest BCUT2D eigenvalue weighted by molar-refractivity contribution is 0.669. The predicted octanol–water partition coefficient (Wildman–Crippen LogP) is 11.3. The van der Waals surface area contributed by atoms with Crippen molar-refractivity contribution in [3.8, 4) is 56.4 Å². The first kappa shape index (κ1) is 27.0. The lowest BCUT2D eigenvalue weighted by Crippen LogP contribution is -2.00. The molecule has 0 radical (unpaired) electrons. The highest BCUT2D eigenvalue weighted by Gasteiger charge is 2.19. The topological polar surface area (TPSA) is 51.8 Å². The van der Waals surface area contributed by atoms with E-state index in [0.717, 1.165) is 66.1 Å². The summed E-state index contributed by atoms with van der Waals surface area (Å²) in [6.07, 6.45) is 0. The maximum atomic E-state index is 6.39. The van der Waals surface area contributed by atoms with E-state index >= 15 is 0 Å². The van der Waals surface area contributed by atoms with Crippen LogP contribution in [0.2, 0.25) is 0 Å². The third-order valence-corrected chi connectivity index (χ3v) is 8.76. The molecule has 2 aromatic heterocycles. The number of furan rings is 1. The second-order valence-corrected chi connectivity index (χ2v) is 11.6. The van der Waals surface area contributed by atoms with Crippen molar-refractivity contribution in [1.82, 2.24) is 15.0 Å². The van der Waals surface area contributed by atoms with Crippen LogP contribution in [0.5, 0.6) is 0 Å². The molecule has 220 valence electrons. The summed E-state index contributed by atoms with van der Waals surface area (Å²) < 4.78 is 6.39. The SMILES string of the molecule is c1ccc(-c2ccc3oc4cccc(-c5ccc(-c6nc(-c7ccccc7)nc(-c7ccccc7)n6)c6ccccc56)c4c3c2)cc1. The highest BCUT2D eigenvalue weighted by Crippen LogP contribution is 2.42. The van der Waals surface area contributed by atoms with Crippen LogP contribution in [0.4, 0.5) is 0 Å². The van der Waals surface area contributed by atoms with Gasteiger partial charge < -0.3 is 4.42 Å². The van der Waals surface area contributed by atoms with E-state index in [1.54, 1.807) is 0 Å². The number of rotatable bonds is 5. The summed E-state index contributed by atoms with van der Waals surface area (Å²) in [6.45, 7) is 0. The molecular formula is C43H27N3O. The molecule has 0 bridgehead atoms. The summed E-state index contributed by atoms with van der Waals surface area (Å²) in [5.74, 6) is 1.93. The summed E-state index contributed by atoms with van der Waals surface area (Å²) in [4.78, 5) is 15.0. The molecular weight excluding hydrogens is 574 g/mol. The van der Waals surface area contributed by atoms with Gasteiger partial charge in [-0.3, -0.25) is 0 Å². The highest BCUT2D eigenvalue weighted by molar-refractivity contribution is 6.17. The number of hydrogen-bond acceptors (Lipinski definition) is 4. The van der Waals surface area contributed by atoms with Crippen molar-refractivity contribution in [3.05, 3.63) is 164 Å². The van der Waals surface area contributed by atoms with Crippen LogP contribution in [-0.4, -0.2) is 15.0 Å². The molecule has 0 amide bonds. The van der Waals surface area contributed by atoms with Gasteiger partial charge in [0.05, 0.1) is 0 Å². The Morgan fingerprint density at radius 1 is 0.319 bits per heavy atom. The zero-order valence-electron chi connectivity index (χ0n) is 25.3. The molecule has 0 unspecified atom stereocenters. The molecule has 0 aliphatic carbocycles. The number of hydrogen-bond donors (Lipinski definition) is 0. The third-order valence-electron chi connectivity index (χ3n) is 8.76. The summed E-state index contributed by atoms with van der Waals surface area (Å²) in [6, 6.07) is 56.3. The Hall–Kier alpha value is -6.39. The number of fused-ring (bicyclic) bond motifs is 4. The molecule has 2 heterocycles. The lowest BCUT2D eigenvalue weighted by Gasteiger charge is -2.13. The molecule has 9 rings (SSSR count).